The highest BCUT2D eigenvalue weighted by Crippen LogP contribution is 2.02. The number of rotatable bonds is 9. The molecule has 0 unspecified atom stereocenters. The number of halogens is 1. The van der Waals surface area contributed by atoms with E-state index in [1.807, 2.05) is 0 Å². The molecule has 0 N–H and O–H groups in total. The quantitative estimate of drug-likeness (QED) is 0.599. The molecule has 0 aliphatic carbocycles. The van der Waals surface area contributed by atoms with Crippen molar-refractivity contribution in [3.8, 4) is 0 Å². The number of hydrogen-bond donors (Lipinski definition) is 0. The fraction of sp³-hybridized carbons (Fsp3) is 1.00. The summed E-state index contributed by atoms with van der Waals surface area (Å²) in [6.07, 6.45) is 1.25. The summed E-state index contributed by atoms with van der Waals surface area (Å²) >= 11 is 3.50. The topological polar surface area (TPSA) is 6.48 Å². The first kappa shape index (κ1) is 15.4. The summed E-state index contributed by atoms with van der Waals surface area (Å²) in [5.41, 5.74) is 0. The van der Waals surface area contributed by atoms with Crippen LogP contribution in [0.25, 0.3) is 0 Å². The van der Waals surface area contributed by atoms with E-state index in [0.717, 1.165) is 5.33 Å². The predicted molar refractivity (Wildman–Crippen MR) is 72.9 cm³/mol. The number of alkyl halides is 1. The minimum atomic E-state index is 0.666. The van der Waals surface area contributed by atoms with Crippen LogP contribution in [0.2, 0.25) is 0 Å². The molecule has 15 heavy (non-hydrogen) atoms. The summed E-state index contributed by atoms with van der Waals surface area (Å²) in [4.78, 5) is 5.06. The fourth-order valence-electron chi connectivity index (χ4n) is 1.70. The molecular weight excluding hydrogens is 252 g/mol. The maximum absolute atomic E-state index is 3.50. The summed E-state index contributed by atoms with van der Waals surface area (Å²) in [5.74, 6) is 0. The van der Waals surface area contributed by atoms with Gasteiger partial charge in [0, 0.05) is 24.5 Å². The lowest BCUT2D eigenvalue weighted by Gasteiger charge is -2.29. The molecule has 0 aliphatic rings. The molecule has 3 heteroatoms. The molecule has 0 aromatic rings. The molecule has 0 heterocycles. The van der Waals surface area contributed by atoms with Gasteiger partial charge >= 0.3 is 0 Å². The van der Waals surface area contributed by atoms with Crippen LogP contribution in [0, 0.1) is 0 Å². The molecule has 0 spiro atoms. The van der Waals surface area contributed by atoms with E-state index in [0.29, 0.717) is 6.04 Å². The SMILES string of the molecule is CCN(CC)CCN(CCCBr)C(C)C. The van der Waals surface area contributed by atoms with Crippen molar-refractivity contribution >= 4 is 15.9 Å². The Bertz CT molecular complexity index is 136. The first-order valence-electron chi connectivity index (χ1n) is 6.18. The monoisotopic (exact) mass is 278 g/mol. The van der Waals surface area contributed by atoms with E-state index < -0.39 is 0 Å². The second-order valence-corrected chi connectivity index (χ2v) is 4.99. The van der Waals surface area contributed by atoms with Gasteiger partial charge in [0.05, 0.1) is 0 Å². The number of likely N-dealkylation sites (N-methyl/N-ethyl adjacent to an activating group) is 1. The third-order valence-corrected chi connectivity index (χ3v) is 3.47. The lowest BCUT2D eigenvalue weighted by molar-refractivity contribution is 0.182. The van der Waals surface area contributed by atoms with Crippen molar-refractivity contribution in [1.29, 1.82) is 0 Å². The van der Waals surface area contributed by atoms with Crippen molar-refractivity contribution in [1.82, 2.24) is 9.80 Å². The van der Waals surface area contributed by atoms with Gasteiger partial charge in [0.1, 0.15) is 0 Å². The third-order valence-electron chi connectivity index (χ3n) is 2.91. The van der Waals surface area contributed by atoms with Gasteiger partial charge in [0.15, 0.2) is 0 Å². The van der Waals surface area contributed by atoms with Gasteiger partial charge in [0.25, 0.3) is 0 Å². The molecule has 2 nitrogen and oxygen atoms in total. The van der Waals surface area contributed by atoms with E-state index in [9.17, 15) is 0 Å². The van der Waals surface area contributed by atoms with Gasteiger partial charge in [-0.25, -0.2) is 0 Å². The highest BCUT2D eigenvalue weighted by atomic mass is 79.9. The van der Waals surface area contributed by atoms with Gasteiger partial charge in [-0.2, -0.15) is 0 Å². The zero-order chi connectivity index (χ0) is 11.7. The lowest BCUT2D eigenvalue weighted by atomic mass is 10.3. The van der Waals surface area contributed by atoms with Crippen LogP contribution in [0.1, 0.15) is 34.1 Å². The standard InChI is InChI=1S/C12H27BrN2/c1-5-14(6-2)10-11-15(12(3)4)9-7-8-13/h12H,5-11H2,1-4H3. The van der Waals surface area contributed by atoms with Crippen molar-refractivity contribution in [2.45, 2.75) is 40.2 Å². The van der Waals surface area contributed by atoms with Crippen LogP contribution in [0.3, 0.4) is 0 Å². The number of nitrogens with zero attached hydrogens (tertiary/aromatic N) is 2. The zero-order valence-corrected chi connectivity index (χ0v) is 12.4. The summed E-state index contributed by atoms with van der Waals surface area (Å²) in [7, 11) is 0. The van der Waals surface area contributed by atoms with Gasteiger partial charge in [-0.3, -0.25) is 4.90 Å². The van der Waals surface area contributed by atoms with E-state index in [2.05, 4.69) is 53.4 Å². The van der Waals surface area contributed by atoms with Crippen LogP contribution in [-0.2, 0) is 0 Å². The second-order valence-electron chi connectivity index (χ2n) is 4.20. The molecule has 0 saturated carbocycles. The van der Waals surface area contributed by atoms with Crippen molar-refractivity contribution < 1.29 is 0 Å². The summed E-state index contributed by atoms with van der Waals surface area (Å²) in [6.45, 7) is 15.0. The highest BCUT2D eigenvalue weighted by molar-refractivity contribution is 9.09. The molecule has 0 radical (unpaired) electrons. The molecule has 0 saturated heterocycles. The first-order chi connectivity index (χ1) is 7.15. The first-order valence-corrected chi connectivity index (χ1v) is 7.30. The molecule has 0 amide bonds. The maximum Gasteiger partial charge on any atom is 0.0112 e. The Morgan fingerprint density at radius 2 is 1.60 bits per heavy atom. The van der Waals surface area contributed by atoms with Crippen LogP contribution in [0.4, 0.5) is 0 Å². The second kappa shape index (κ2) is 9.61. The van der Waals surface area contributed by atoms with Crippen molar-refractivity contribution in [3.63, 3.8) is 0 Å². The van der Waals surface area contributed by atoms with Crippen LogP contribution < -0.4 is 0 Å². The van der Waals surface area contributed by atoms with E-state index in [-0.39, 0.29) is 0 Å². The Morgan fingerprint density at radius 1 is 1.00 bits per heavy atom. The van der Waals surface area contributed by atoms with Gasteiger partial charge < -0.3 is 4.90 Å². The summed E-state index contributed by atoms with van der Waals surface area (Å²) < 4.78 is 0. The lowest BCUT2D eigenvalue weighted by Crippen LogP contribution is -2.39. The van der Waals surface area contributed by atoms with Crippen molar-refractivity contribution in [3.05, 3.63) is 0 Å². The van der Waals surface area contributed by atoms with E-state index in [1.165, 1.54) is 39.1 Å². The molecule has 0 aliphatic heterocycles. The van der Waals surface area contributed by atoms with Gasteiger partial charge in [-0.05, 0) is 39.9 Å². The minimum Gasteiger partial charge on any atom is -0.303 e. The van der Waals surface area contributed by atoms with Gasteiger partial charge in [0.2, 0.25) is 0 Å². The largest absolute Gasteiger partial charge is 0.303 e. The Morgan fingerprint density at radius 3 is 2.00 bits per heavy atom. The molecule has 0 fully saturated rings. The van der Waals surface area contributed by atoms with Crippen LogP contribution in [-0.4, -0.2) is 53.9 Å². The molecule has 0 rings (SSSR count). The van der Waals surface area contributed by atoms with Gasteiger partial charge in [-0.1, -0.05) is 29.8 Å². The highest BCUT2D eigenvalue weighted by Gasteiger charge is 2.09. The Kier molecular flexibility index (Phi) is 9.87. The van der Waals surface area contributed by atoms with Crippen LogP contribution in [0.5, 0.6) is 0 Å². The smallest absolute Gasteiger partial charge is 0.0112 e. The molecule has 92 valence electrons. The van der Waals surface area contributed by atoms with Crippen molar-refractivity contribution in [2.24, 2.45) is 0 Å². The molecule has 0 aromatic heterocycles. The maximum atomic E-state index is 3.50. The van der Waals surface area contributed by atoms with Crippen molar-refractivity contribution in [2.75, 3.05) is 38.1 Å². The third kappa shape index (κ3) is 7.31. The Hall–Kier alpha value is 0.400. The predicted octanol–water partition coefficient (Wildman–Crippen LogP) is 2.82. The van der Waals surface area contributed by atoms with Crippen LogP contribution in [0.15, 0.2) is 0 Å². The molecular formula is C12H27BrN2. The van der Waals surface area contributed by atoms with E-state index >= 15 is 0 Å². The summed E-state index contributed by atoms with van der Waals surface area (Å²) in [5, 5.41) is 1.11. The zero-order valence-electron chi connectivity index (χ0n) is 10.8. The summed E-state index contributed by atoms with van der Waals surface area (Å²) in [6, 6.07) is 0.666. The Labute approximate surface area is 104 Å². The average molecular weight is 279 g/mol. The van der Waals surface area contributed by atoms with Gasteiger partial charge in [-0.15, -0.1) is 0 Å². The average Bonchev–Trinajstić information content (AvgIpc) is 2.23. The minimum absolute atomic E-state index is 0.666. The molecule has 0 aromatic carbocycles. The van der Waals surface area contributed by atoms with E-state index in [1.54, 1.807) is 0 Å². The molecule has 0 bridgehead atoms. The number of hydrogen-bond acceptors (Lipinski definition) is 2. The Balaban J connectivity index is 3.83. The fourth-order valence-corrected chi connectivity index (χ4v) is 1.95. The molecule has 0 atom stereocenters. The van der Waals surface area contributed by atoms with Crippen LogP contribution >= 0.6 is 15.9 Å². The van der Waals surface area contributed by atoms with E-state index in [4.69, 9.17) is 0 Å². The normalized spacial score (nSPS) is 12.0.